The molecule has 23 heavy (non-hydrogen) atoms. The summed E-state index contributed by atoms with van der Waals surface area (Å²) in [5, 5.41) is 6.30. The van der Waals surface area contributed by atoms with Gasteiger partial charge in [0.05, 0.1) is 0 Å². The fourth-order valence-electron chi connectivity index (χ4n) is 1.98. The first-order valence-electron chi connectivity index (χ1n) is 9.72. The summed E-state index contributed by atoms with van der Waals surface area (Å²) in [7, 11) is 0. The maximum atomic E-state index is 11.6. The van der Waals surface area contributed by atoms with Crippen molar-refractivity contribution in [1.82, 2.24) is 10.6 Å². The second-order valence-corrected chi connectivity index (χ2v) is 6.02. The van der Waals surface area contributed by atoms with Crippen LogP contribution in [0.2, 0.25) is 0 Å². The standard InChI is InChI=1S/C17H36N2O2.C2H6/c1-4-18-12-7-5-6-8-13-19-17(20)10-9-14-21-15-11-16(2)3;1-2/h16,18H,4-15H2,1-3H3,(H,19,20);1-2H3. The molecule has 0 aliphatic carbocycles. The van der Waals surface area contributed by atoms with E-state index in [-0.39, 0.29) is 5.91 Å². The first-order valence-corrected chi connectivity index (χ1v) is 9.72. The van der Waals surface area contributed by atoms with Crippen LogP contribution in [0.25, 0.3) is 0 Å². The second-order valence-electron chi connectivity index (χ2n) is 6.02. The van der Waals surface area contributed by atoms with Crippen LogP contribution in [-0.4, -0.2) is 38.8 Å². The lowest BCUT2D eigenvalue weighted by Crippen LogP contribution is -2.24. The highest BCUT2D eigenvalue weighted by atomic mass is 16.5. The summed E-state index contributed by atoms with van der Waals surface area (Å²) in [5.41, 5.74) is 0. The topological polar surface area (TPSA) is 50.4 Å². The Morgan fingerprint density at radius 2 is 1.61 bits per heavy atom. The summed E-state index contributed by atoms with van der Waals surface area (Å²) in [6.07, 6.45) is 7.27. The zero-order valence-corrected chi connectivity index (χ0v) is 16.4. The molecule has 0 saturated heterocycles. The van der Waals surface area contributed by atoms with Gasteiger partial charge >= 0.3 is 0 Å². The number of amides is 1. The Bertz CT molecular complexity index is 233. The van der Waals surface area contributed by atoms with Gasteiger partial charge in [0, 0.05) is 26.2 Å². The Hall–Kier alpha value is -0.610. The SMILES string of the molecule is CC.CCNCCCCCCNC(=O)CCCOCCC(C)C. The van der Waals surface area contributed by atoms with E-state index in [2.05, 4.69) is 31.4 Å². The Morgan fingerprint density at radius 3 is 2.22 bits per heavy atom. The molecular formula is C19H42N2O2. The largest absolute Gasteiger partial charge is 0.381 e. The predicted molar refractivity (Wildman–Crippen MR) is 101 cm³/mol. The normalized spacial score (nSPS) is 10.3. The van der Waals surface area contributed by atoms with Crippen molar-refractivity contribution >= 4 is 5.91 Å². The van der Waals surface area contributed by atoms with Crippen LogP contribution in [0.5, 0.6) is 0 Å². The van der Waals surface area contributed by atoms with Crippen molar-refractivity contribution < 1.29 is 9.53 Å². The lowest BCUT2D eigenvalue weighted by molar-refractivity contribution is -0.121. The second kappa shape index (κ2) is 21.4. The third-order valence-corrected chi connectivity index (χ3v) is 3.38. The van der Waals surface area contributed by atoms with E-state index in [1.807, 2.05) is 13.8 Å². The maximum Gasteiger partial charge on any atom is 0.220 e. The number of unbranched alkanes of at least 4 members (excludes halogenated alkanes) is 3. The molecule has 0 aromatic carbocycles. The quantitative estimate of drug-likeness (QED) is 0.444. The molecular weight excluding hydrogens is 288 g/mol. The summed E-state index contributed by atoms with van der Waals surface area (Å²) in [6.45, 7) is 15.0. The average Bonchev–Trinajstić information content (AvgIpc) is 2.55. The van der Waals surface area contributed by atoms with Crippen molar-refractivity contribution in [2.45, 2.75) is 79.6 Å². The van der Waals surface area contributed by atoms with Gasteiger partial charge in [-0.05, 0) is 44.7 Å². The number of hydrogen-bond acceptors (Lipinski definition) is 3. The Balaban J connectivity index is 0. The molecule has 0 saturated carbocycles. The molecule has 0 aliphatic heterocycles. The van der Waals surface area contributed by atoms with E-state index >= 15 is 0 Å². The van der Waals surface area contributed by atoms with Gasteiger partial charge in [0.15, 0.2) is 0 Å². The van der Waals surface area contributed by atoms with Crippen LogP contribution in [0.4, 0.5) is 0 Å². The van der Waals surface area contributed by atoms with Gasteiger partial charge in [-0.15, -0.1) is 0 Å². The van der Waals surface area contributed by atoms with Crippen molar-refractivity contribution in [3.05, 3.63) is 0 Å². The number of carbonyl (C=O) groups is 1. The van der Waals surface area contributed by atoms with Gasteiger partial charge in [-0.3, -0.25) is 4.79 Å². The number of carbonyl (C=O) groups excluding carboxylic acids is 1. The van der Waals surface area contributed by atoms with Gasteiger partial charge in [0.25, 0.3) is 0 Å². The van der Waals surface area contributed by atoms with Crippen molar-refractivity contribution in [2.24, 2.45) is 5.92 Å². The summed E-state index contributed by atoms with van der Waals surface area (Å²) in [4.78, 5) is 11.6. The molecule has 0 bridgehead atoms. The molecule has 0 aliphatic rings. The molecule has 0 aromatic heterocycles. The van der Waals surface area contributed by atoms with Gasteiger partial charge < -0.3 is 15.4 Å². The molecule has 4 nitrogen and oxygen atoms in total. The monoisotopic (exact) mass is 330 g/mol. The Kier molecular flexibility index (Phi) is 22.9. The highest BCUT2D eigenvalue weighted by Gasteiger charge is 2.01. The summed E-state index contributed by atoms with van der Waals surface area (Å²) < 4.78 is 5.50. The minimum absolute atomic E-state index is 0.162. The number of ether oxygens (including phenoxy) is 1. The van der Waals surface area contributed by atoms with Crippen molar-refractivity contribution in [3.63, 3.8) is 0 Å². The lowest BCUT2D eigenvalue weighted by Gasteiger charge is -2.07. The highest BCUT2D eigenvalue weighted by Crippen LogP contribution is 2.00. The molecule has 0 fully saturated rings. The van der Waals surface area contributed by atoms with E-state index < -0.39 is 0 Å². The van der Waals surface area contributed by atoms with Crippen LogP contribution < -0.4 is 10.6 Å². The van der Waals surface area contributed by atoms with Gasteiger partial charge in [-0.25, -0.2) is 0 Å². The Morgan fingerprint density at radius 1 is 0.957 bits per heavy atom. The van der Waals surface area contributed by atoms with Gasteiger partial charge in [-0.1, -0.05) is 47.5 Å². The molecule has 0 aromatic rings. The number of rotatable bonds is 15. The molecule has 1 amide bonds. The van der Waals surface area contributed by atoms with Gasteiger partial charge in [-0.2, -0.15) is 0 Å². The summed E-state index contributed by atoms with van der Waals surface area (Å²) in [5.74, 6) is 0.848. The van der Waals surface area contributed by atoms with Crippen LogP contribution in [0.3, 0.4) is 0 Å². The fraction of sp³-hybridized carbons (Fsp3) is 0.947. The van der Waals surface area contributed by atoms with Gasteiger partial charge in [0.1, 0.15) is 0 Å². The van der Waals surface area contributed by atoms with E-state index in [0.29, 0.717) is 18.9 Å². The molecule has 140 valence electrons. The van der Waals surface area contributed by atoms with Crippen LogP contribution >= 0.6 is 0 Å². The first-order chi connectivity index (χ1) is 11.2. The molecule has 0 unspecified atom stereocenters. The van der Waals surface area contributed by atoms with Gasteiger partial charge in [0.2, 0.25) is 5.91 Å². The van der Waals surface area contributed by atoms with Crippen LogP contribution in [0.15, 0.2) is 0 Å². The van der Waals surface area contributed by atoms with E-state index in [9.17, 15) is 4.79 Å². The van der Waals surface area contributed by atoms with E-state index in [1.165, 1.54) is 19.3 Å². The molecule has 0 rings (SSSR count). The highest BCUT2D eigenvalue weighted by molar-refractivity contribution is 5.75. The average molecular weight is 331 g/mol. The number of nitrogens with one attached hydrogen (secondary N) is 2. The third kappa shape index (κ3) is 23.8. The Labute approximate surface area is 145 Å². The van der Waals surface area contributed by atoms with Crippen molar-refractivity contribution in [2.75, 3.05) is 32.8 Å². The maximum absolute atomic E-state index is 11.6. The zero-order valence-electron chi connectivity index (χ0n) is 16.4. The minimum Gasteiger partial charge on any atom is -0.381 e. The zero-order chi connectivity index (χ0) is 17.8. The molecule has 0 spiro atoms. The van der Waals surface area contributed by atoms with Crippen LogP contribution in [0, 0.1) is 5.92 Å². The third-order valence-electron chi connectivity index (χ3n) is 3.38. The number of hydrogen-bond donors (Lipinski definition) is 2. The van der Waals surface area contributed by atoms with E-state index in [0.717, 1.165) is 45.5 Å². The lowest BCUT2D eigenvalue weighted by atomic mass is 10.1. The molecule has 4 heteroatoms. The van der Waals surface area contributed by atoms with Crippen molar-refractivity contribution in [1.29, 1.82) is 0 Å². The minimum atomic E-state index is 0.162. The fourth-order valence-corrected chi connectivity index (χ4v) is 1.98. The summed E-state index contributed by atoms with van der Waals surface area (Å²) >= 11 is 0. The molecule has 2 N–H and O–H groups in total. The molecule has 0 atom stereocenters. The van der Waals surface area contributed by atoms with Crippen LogP contribution in [-0.2, 0) is 9.53 Å². The van der Waals surface area contributed by atoms with Crippen molar-refractivity contribution in [3.8, 4) is 0 Å². The van der Waals surface area contributed by atoms with E-state index in [1.54, 1.807) is 0 Å². The summed E-state index contributed by atoms with van der Waals surface area (Å²) in [6, 6.07) is 0. The smallest absolute Gasteiger partial charge is 0.220 e. The molecule has 0 heterocycles. The molecule has 0 radical (unpaired) electrons. The van der Waals surface area contributed by atoms with E-state index in [4.69, 9.17) is 4.74 Å². The van der Waals surface area contributed by atoms with Crippen LogP contribution in [0.1, 0.15) is 79.6 Å². The first kappa shape index (κ1) is 24.6. The predicted octanol–water partition coefficient (Wildman–Crippen LogP) is 4.14.